The SMILES string of the molecule is CCC(=O)Nc1ccc(NC(=O)CSc2nnc3c(C)cc4cc(OC)ccc4n23)cc1C. The molecule has 2 heterocycles. The van der Waals surface area contributed by atoms with Crippen molar-refractivity contribution in [3.8, 4) is 5.75 Å². The van der Waals surface area contributed by atoms with Crippen LogP contribution in [0.15, 0.2) is 47.6 Å². The molecule has 0 aliphatic carbocycles. The molecule has 2 amide bonds. The fourth-order valence-electron chi connectivity index (χ4n) is 3.56. The van der Waals surface area contributed by atoms with E-state index in [2.05, 4.69) is 26.9 Å². The van der Waals surface area contributed by atoms with Crippen molar-refractivity contribution in [1.29, 1.82) is 0 Å². The van der Waals surface area contributed by atoms with E-state index < -0.39 is 0 Å². The standard InChI is InChI=1S/C24H25N5O3S/c1-5-21(30)26-19-8-6-17(11-14(19)2)25-22(31)13-33-24-28-27-23-15(3)10-16-12-18(32-4)7-9-20(16)29(23)24/h6-12H,5,13H2,1-4H3,(H,25,31)(H,26,30). The molecule has 2 N–H and O–H groups in total. The predicted molar refractivity (Wildman–Crippen MR) is 131 cm³/mol. The highest BCUT2D eigenvalue weighted by Gasteiger charge is 2.15. The number of carbonyl (C=O) groups excluding carboxylic acids is 2. The second kappa shape index (κ2) is 9.50. The van der Waals surface area contributed by atoms with E-state index in [9.17, 15) is 9.59 Å². The zero-order valence-corrected chi connectivity index (χ0v) is 19.7. The Morgan fingerprint density at radius 3 is 2.55 bits per heavy atom. The van der Waals surface area contributed by atoms with Crippen molar-refractivity contribution in [3.05, 3.63) is 53.6 Å². The van der Waals surface area contributed by atoms with Gasteiger partial charge in [0.05, 0.1) is 18.4 Å². The summed E-state index contributed by atoms with van der Waals surface area (Å²) >= 11 is 1.33. The van der Waals surface area contributed by atoms with Gasteiger partial charge in [-0.25, -0.2) is 0 Å². The quantitative estimate of drug-likeness (QED) is 0.389. The van der Waals surface area contributed by atoms with Gasteiger partial charge < -0.3 is 15.4 Å². The molecule has 4 aromatic rings. The molecule has 2 aromatic heterocycles. The predicted octanol–water partition coefficient (Wildman–Crippen LogP) is 4.59. The first-order chi connectivity index (χ1) is 15.9. The molecular formula is C24H25N5O3S. The number of aromatic nitrogens is 3. The number of ether oxygens (including phenoxy) is 1. The highest BCUT2D eigenvalue weighted by atomic mass is 32.2. The molecule has 0 fully saturated rings. The lowest BCUT2D eigenvalue weighted by atomic mass is 10.1. The van der Waals surface area contributed by atoms with E-state index in [1.807, 2.05) is 42.5 Å². The molecular weight excluding hydrogens is 438 g/mol. The van der Waals surface area contributed by atoms with E-state index in [1.54, 1.807) is 26.2 Å². The van der Waals surface area contributed by atoms with E-state index in [1.165, 1.54) is 11.8 Å². The highest BCUT2D eigenvalue weighted by Crippen LogP contribution is 2.28. The molecule has 0 spiro atoms. The van der Waals surface area contributed by atoms with E-state index >= 15 is 0 Å². The average Bonchev–Trinajstić information content (AvgIpc) is 3.24. The summed E-state index contributed by atoms with van der Waals surface area (Å²) < 4.78 is 7.31. The molecule has 0 aliphatic rings. The number of hydrogen-bond acceptors (Lipinski definition) is 6. The Labute approximate surface area is 195 Å². The van der Waals surface area contributed by atoms with Crippen LogP contribution in [0.3, 0.4) is 0 Å². The van der Waals surface area contributed by atoms with Gasteiger partial charge in [0, 0.05) is 23.2 Å². The second-order valence-electron chi connectivity index (χ2n) is 7.66. The number of rotatable bonds is 7. The van der Waals surface area contributed by atoms with Crippen LogP contribution in [0.2, 0.25) is 0 Å². The van der Waals surface area contributed by atoms with Crippen molar-refractivity contribution in [2.75, 3.05) is 23.5 Å². The van der Waals surface area contributed by atoms with Crippen LogP contribution in [0.1, 0.15) is 24.5 Å². The first-order valence-electron chi connectivity index (χ1n) is 10.5. The number of hydrogen-bond donors (Lipinski definition) is 2. The van der Waals surface area contributed by atoms with E-state index in [0.29, 0.717) is 17.3 Å². The molecule has 0 atom stereocenters. The first kappa shape index (κ1) is 22.6. The number of methoxy groups -OCH3 is 1. The molecule has 8 nitrogen and oxygen atoms in total. The molecule has 170 valence electrons. The van der Waals surface area contributed by atoms with Crippen molar-refractivity contribution in [2.45, 2.75) is 32.3 Å². The van der Waals surface area contributed by atoms with Gasteiger partial charge in [0.1, 0.15) is 5.75 Å². The average molecular weight is 464 g/mol. The number of benzene rings is 2. The molecule has 0 bridgehead atoms. The minimum atomic E-state index is -0.153. The van der Waals surface area contributed by atoms with Crippen LogP contribution in [-0.2, 0) is 9.59 Å². The van der Waals surface area contributed by atoms with Gasteiger partial charge in [0.2, 0.25) is 11.8 Å². The number of anilines is 2. The number of nitrogens with zero attached hydrogens (tertiary/aromatic N) is 3. The Bertz CT molecular complexity index is 1370. The smallest absolute Gasteiger partial charge is 0.234 e. The third-order valence-corrected chi connectivity index (χ3v) is 6.20. The monoisotopic (exact) mass is 463 g/mol. The summed E-state index contributed by atoms with van der Waals surface area (Å²) in [6, 6.07) is 13.3. The minimum Gasteiger partial charge on any atom is -0.497 e. The topological polar surface area (TPSA) is 97.6 Å². The number of pyridine rings is 1. The summed E-state index contributed by atoms with van der Waals surface area (Å²) in [6.07, 6.45) is 0.412. The van der Waals surface area contributed by atoms with Gasteiger partial charge in [-0.3, -0.25) is 14.0 Å². The van der Waals surface area contributed by atoms with E-state index in [-0.39, 0.29) is 17.6 Å². The Kier molecular flexibility index (Phi) is 6.50. The maximum Gasteiger partial charge on any atom is 0.234 e. The number of nitrogens with one attached hydrogen (secondary N) is 2. The van der Waals surface area contributed by atoms with Crippen molar-refractivity contribution >= 4 is 51.5 Å². The Morgan fingerprint density at radius 2 is 1.82 bits per heavy atom. The third kappa shape index (κ3) is 4.78. The van der Waals surface area contributed by atoms with Crippen LogP contribution < -0.4 is 15.4 Å². The lowest BCUT2D eigenvalue weighted by Gasteiger charge is -2.11. The number of amides is 2. The number of aryl methyl sites for hydroxylation is 2. The Morgan fingerprint density at radius 1 is 1.00 bits per heavy atom. The zero-order chi connectivity index (χ0) is 23.5. The molecule has 9 heteroatoms. The summed E-state index contributed by atoms with van der Waals surface area (Å²) in [5.74, 6) is 0.756. The van der Waals surface area contributed by atoms with Crippen molar-refractivity contribution in [2.24, 2.45) is 0 Å². The van der Waals surface area contributed by atoms with Gasteiger partial charge in [-0.05, 0) is 67.4 Å². The number of fused-ring (bicyclic) bond motifs is 3. The van der Waals surface area contributed by atoms with Crippen LogP contribution in [-0.4, -0.2) is 39.3 Å². The third-order valence-electron chi connectivity index (χ3n) is 5.27. The zero-order valence-electron chi connectivity index (χ0n) is 18.9. The maximum atomic E-state index is 12.6. The summed E-state index contributed by atoms with van der Waals surface area (Å²) in [5.41, 5.74) is 4.99. The summed E-state index contributed by atoms with van der Waals surface area (Å²) in [4.78, 5) is 24.2. The van der Waals surface area contributed by atoms with Crippen LogP contribution >= 0.6 is 11.8 Å². The summed E-state index contributed by atoms with van der Waals surface area (Å²) in [6.45, 7) is 5.68. The van der Waals surface area contributed by atoms with Crippen LogP contribution in [0.5, 0.6) is 5.75 Å². The number of thioether (sulfide) groups is 1. The second-order valence-corrected chi connectivity index (χ2v) is 8.60. The fourth-order valence-corrected chi connectivity index (χ4v) is 4.30. The molecule has 0 unspecified atom stereocenters. The van der Waals surface area contributed by atoms with Gasteiger partial charge in [-0.2, -0.15) is 0 Å². The largest absolute Gasteiger partial charge is 0.497 e. The first-order valence-corrected chi connectivity index (χ1v) is 11.5. The van der Waals surface area contributed by atoms with Gasteiger partial charge in [-0.15, -0.1) is 10.2 Å². The normalized spacial score (nSPS) is 11.0. The molecule has 0 aliphatic heterocycles. The van der Waals surface area contributed by atoms with Gasteiger partial charge >= 0.3 is 0 Å². The highest BCUT2D eigenvalue weighted by molar-refractivity contribution is 7.99. The summed E-state index contributed by atoms with van der Waals surface area (Å²) in [5, 5.41) is 16.0. The summed E-state index contributed by atoms with van der Waals surface area (Å²) in [7, 11) is 1.64. The number of carbonyl (C=O) groups is 2. The maximum absolute atomic E-state index is 12.6. The molecule has 33 heavy (non-hydrogen) atoms. The van der Waals surface area contributed by atoms with Gasteiger partial charge in [0.15, 0.2) is 10.8 Å². The van der Waals surface area contributed by atoms with Gasteiger partial charge in [0.25, 0.3) is 0 Å². The molecule has 0 saturated heterocycles. The molecule has 0 radical (unpaired) electrons. The lowest BCUT2D eigenvalue weighted by molar-refractivity contribution is -0.116. The van der Waals surface area contributed by atoms with E-state index in [4.69, 9.17) is 4.74 Å². The Balaban J connectivity index is 1.50. The van der Waals surface area contributed by atoms with Gasteiger partial charge in [-0.1, -0.05) is 18.7 Å². The molecule has 4 rings (SSSR count). The van der Waals surface area contributed by atoms with Crippen LogP contribution in [0.25, 0.3) is 16.6 Å². The minimum absolute atomic E-state index is 0.0481. The van der Waals surface area contributed by atoms with Crippen molar-refractivity contribution < 1.29 is 14.3 Å². The van der Waals surface area contributed by atoms with Crippen LogP contribution in [0, 0.1) is 13.8 Å². The molecule has 2 aromatic carbocycles. The van der Waals surface area contributed by atoms with Crippen molar-refractivity contribution in [3.63, 3.8) is 0 Å². The van der Waals surface area contributed by atoms with E-state index in [0.717, 1.165) is 39.1 Å². The molecule has 0 saturated carbocycles. The van der Waals surface area contributed by atoms with Crippen LogP contribution in [0.4, 0.5) is 11.4 Å². The Hall–Kier alpha value is -3.59. The fraction of sp³-hybridized carbons (Fsp3) is 0.250. The lowest BCUT2D eigenvalue weighted by Crippen LogP contribution is -2.15. The van der Waals surface area contributed by atoms with Crippen molar-refractivity contribution in [1.82, 2.24) is 14.6 Å².